The number of hydrogen-bond acceptors (Lipinski definition) is 3. The molecule has 0 aromatic heterocycles. The molecule has 18 heavy (non-hydrogen) atoms. The molecule has 98 valence electrons. The third kappa shape index (κ3) is 2.64. The van der Waals surface area contributed by atoms with E-state index in [1.807, 2.05) is 31.2 Å². The molecule has 4 heteroatoms. The van der Waals surface area contributed by atoms with Crippen LogP contribution in [0.1, 0.15) is 25.3 Å². The molecule has 1 N–H and O–H groups in total. The molecular formula is C14H19NO3. The SMILES string of the molecule is COc1ccc(CN2C(=O)[C@H](C)CCC2O)cc1. The average Bonchev–Trinajstić information content (AvgIpc) is 2.40. The van der Waals surface area contributed by atoms with Gasteiger partial charge in [-0.15, -0.1) is 0 Å². The van der Waals surface area contributed by atoms with Crippen molar-refractivity contribution in [1.29, 1.82) is 0 Å². The number of piperidine rings is 1. The Hall–Kier alpha value is -1.55. The van der Waals surface area contributed by atoms with E-state index in [4.69, 9.17) is 4.74 Å². The van der Waals surface area contributed by atoms with E-state index in [-0.39, 0.29) is 11.8 Å². The predicted molar refractivity (Wildman–Crippen MR) is 67.9 cm³/mol. The lowest BCUT2D eigenvalue weighted by molar-refractivity contribution is -0.153. The largest absolute Gasteiger partial charge is 0.497 e. The number of likely N-dealkylation sites (tertiary alicyclic amines) is 1. The van der Waals surface area contributed by atoms with E-state index in [9.17, 15) is 9.90 Å². The average molecular weight is 249 g/mol. The quantitative estimate of drug-likeness (QED) is 0.888. The van der Waals surface area contributed by atoms with Crippen molar-refractivity contribution in [3.8, 4) is 5.75 Å². The van der Waals surface area contributed by atoms with E-state index in [1.54, 1.807) is 12.0 Å². The minimum atomic E-state index is -0.657. The van der Waals surface area contributed by atoms with Gasteiger partial charge in [-0.1, -0.05) is 19.1 Å². The first-order valence-corrected chi connectivity index (χ1v) is 6.23. The van der Waals surface area contributed by atoms with Crippen LogP contribution in [0.4, 0.5) is 0 Å². The van der Waals surface area contributed by atoms with Gasteiger partial charge >= 0.3 is 0 Å². The van der Waals surface area contributed by atoms with Crippen molar-refractivity contribution in [3.63, 3.8) is 0 Å². The molecule has 1 unspecified atom stereocenters. The van der Waals surface area contributed by atoms with Crippen molar-refractivity contribution >= 4 is 5.91 Å². The predicted octanol–water partition coefficient (Wildman–Crippen LogP) is 1.77. The first-order valence-electron chi connectivity index (χ1n) is 6.23. The van der Waals surface area contributed by atoms with Crippen molar-refractivity contribution in [2.75, 3.05) is 7.11 Å². The highest BCUT2D eigenvalue weighted by Gasteiger charge is 2.31. The van der Waals surface area contributed by atoms with Crippen LogP contribution < -0.4 is 4.74 Å². The van der Waals surface area contributed by atoms with Crippen LogP contribution in [-0.4, -0.2) is 29.3 Å². The summed E-state index contributed by atoms with van der Waals surface area (Å²) in [5, 5.41) is 9.90. The summed E-state index contributed by atoms with van der Waals surface area (Å²) in [6.45, 7) is 2.36. The maximum atomic E-state index is 12.0. The lowest BCUT2D eigenvalue weighted by atomic mass is 9.97. The molecule has 1 aromatic carbocycles. The van der Waals surface area contributed by atoms with E-state index < -0.39 is 6.23 Å². The van der Waals surface area contributed by atoms with Crippen LogP contribution in [0.15, 0.2) is 24.3 Å². The Labute approximate surface area is 107 Å². The number of carbonyl (C=O) groups is 1. The molecule has 0 bridgehead atoms. The highest BCUT2D eigenvalue weighted by atomic mass is 16.5. The summed E-state index contributed by atoms with van der Waals surface area (Å²) in [4.78, 5) is 13.6. The monoisotopic (exact) mass is 249 g/mol. The minimum Gasteiger partial charge on any atom is -0.497 e. The zero-order chi connectivity index (χ0) is 13.1. The summed E-state index contributed by atoms with van der Waals surface area (Å²) in [5.41, 5.74) is 0.998. The zero-order valence-electron chi connectivity index (χ0n) is 10.8. The fourth-order valence-corrected chi connectivity index (χ4v) is 2.22. The van der Waals surface area contributed by atoms with Crippen LogP contribution in [-0.2, 0) is 11.3 Å². The Bertz CT molecular complexity index is 416. The summed E-state index contributed by atoms with van der Waals surface area (Å²) in [7, 11) is 1.62. The summed E-state index contributed by atoms with van der Waals surface area (Å²) >= 11 is 0. The Morgan fingerprint density at radius 1 is 1.33 bits per heavy atom. The van der Waals surface area contributed by atoms with E-state index in [0.29, 0.717) is 13.0 Å². The summed E-state index contributed by atoms with van der Waals surface area (Å²) in [6, 6.07) is 7.55. The highest BCUT2D eigenvalue weighted by Crippen LogP contribution is 2.24. The van der Waals surface area contributed by atoms with E-state index in [0.717, 1.165) is 17.7 Å². The van der Waals surface area contributed by atoms with Crippen LogP contribution in [0.2, 0.25) is 0 Å². The Kier molecular flexibility index (Phi) is 3.87. The van der Waals surface area contributed by atoms with Crippen molar-refractivity contribution in [2.45, 2.75) is 32.5 Å². The fourth-order valence-electron chi connectivity index (χ4n) is 2.22. The van der Waals surface area contributed by atoms with Crippen LogP contribution >= 0.6 is 0 Å². The van der Waals surface area contributed by atoms with Crippen LogP contribution in [0.3, 0.4) is 0 Å². The molecule has 0 saturated carbocycles. The van der Waals surface area contributed by atoms with Gasteiger partial charge in [0, 0.05) is 12.5 Å². The molecule has 0 radical (unpaired) electrons. The van der Waals surface area contributed by atoms with E-state index >= 15 is 0 Å². The van der Waals surface area contributed by atoms with Crippen molar-refractivity contribution < 1.29 is 14.6 Å². The van der Waals surface area contributed by atoms with Gasteiger partial charge in [0.1, 0.15) is 12.0 Å². The molecule has 1 saturated heterocycles. The lowest BCUT2D eigenvalue weighted by Gasteiger charge is -2.35. The van der Waals surface area contributed by atoms with Crippen molar-refractivity contribution in [3.05, 3.63) is 29.8 Å². The van der Waals surface area contributed by atoms with Crippen LogP contribution in [0.5, 0.6) is 5.75 Å². The number of benzene rings is 1. The molecule has 1 heterocycles. The van der Waals surface area contributed by atoms with Gasteiger partial charge in [-0.25, -0.2) is 0 Å². The second kappa shape index (κ2) is 5.40. The number of amides is 1. The number of ether oxygens (including phenoxy) is 1. The second-order valence-corrected chi connectivity index (χ2v) is 4.77. The van der Waals surface area contributed by atoms with Gasteiger partial charge in [0.25, 0.3) is 0 Å². The second-order valence-electron chi connectivity index (χ2n) is 4.77. The van der Waals surface area contributed by atoms with Gasteiger partial charge in [-0.2, -0.15) is 0 Å². The minimum absolute atomic E-state index is 0.00616. The van der Waals surface area contributed by atoms with Crippen LogP contribution in [0.25, 0.3) is 0 Å². The van der Waals surface area contributed by atoms with Gasteiger partial charge in [-0.05, 0) is 30.5 Å². The first-order chi connectivity index (χ1) is 8.61. The van der Waals surface area contributed by atoms with Crippen LogP contribution in [0, 0.1) is 5.92 Å². The molecular weight excluding hydrogens is 230 g/mol. The van der Waals surface area contributed by atoms with Crippen molar-refractivity contribution in [1.82, 2.24) is 4.90 Å². The van der Waals surface area contributed by atoms with Gasteiger partial charge in [0.2, 0.25) is 5.91 Å². The fraction of sp³-hybridized carbons (Fsp3) is 0.500. The summed E-state index contributed by atoms with van der Waals surface area (Å²) < 4.78 is 5.09. The van der Waals surface area contributed by atoms with Gasteiger partial charge in [0.15, 0.2) is 0 Å². The summed E-state index contributed by atoms with van der Waals surface area (Å²) in [6.07, 6.45) is 0.762. The normalized spacial score (nSPS) is 24.2. The molecule has 4 nitrogen and oxygen atoms in total. The Morgan fingerprint density at radius 3 is 2.61 bits per heavy atom. The zero-order valence-corrected chi connectivity index (χ0v) is 10.8. The molecule has 0 aliphatic carbocycles. The number of aliphatic hydroxyl groups excluding tert-OH is 1. The topological polar surface area (TPSA) is 49.8 Å². The number of hydrogen-bond donors (Lipinski definition) is 1. The Balaban J connectivity index is 2.08. The number of aliphatic hydroxyl groups is 1. The molecule has 1 aliphatic heterocycles. The number of rotatable bonds is 3. The highest BCUT2D eigenvalue weighted by molar-refractivity contribution is 5.79. The van der Waals surface area contributed by atoms with Gasteiger partial charge in [0.05, 0.1) is 7.11 Å². The maximum Gasteiger partial charge on any atom is 0.227 e. The summed E-state index contributed by atoms with van der Waals surface area (Å²) in [5.74, 6) is 0.828. The molecule has 1 aliphatic rings. The van der Waals surface area contributed by atoms with Gasteiger partial charge < -0.3 is 14.7 Å². The first kappa shape index (κ1) is 12.9. The molecule has 2 atom stereocenters. The number of nitrogens with zero attached hydrogens (tertiary/aromatic N) is 1. The van der Waals surface area contributed by atoms with E-state index in [1.165, 1.54) is 0 Å². The molecule has 1 aromatic rings. The standard InChI is InChI=1S/C14H19NO3/c1-10-3-8-13(16)15(14(10)17)9-11-4-6-12(18-2)7-5-11/h4-7,10,13,16H,3,8-9H2,1-2H3/t10-,13?/m1/s1. The third-order valence-electron chi connectivity index (χ3n) is 3.43. The van der Waals surface area contributed by atoms with E-state index in [2.05, 4.69) is 0 Å². The number of methoxy groups -OCH3 is 1. The van der Waals surface area contributed by atoms with Gasteiger partial charge in [-0.3, -0.25) is 4.79 Å². The molecule has 1 amide bonds. The third-order valence-corrected chi connectivity index (χ3v) is 3.43. The Morgan fingerprint density at radius 2 is 2.00 bits per heavy atom. The molecule has 1 fully saturated rings. The van der Waals surface area contributed by atoms with Crippen molar-refractivity contribution in [2.24, 2.45) is 5.92 Å². The molecule has 2 rings (SSSR count). The maximum absolute atomic E-state index is 12.0. The lowest BCUT2D eigenvalue weighted by Crippen LogP contribution is -2.46. The number of carbonyl (C=O) groups excluding carboxylic acids is 1. The molecule has 0 spiro atoms. The smallest absolute Gasteiger partial charge is 0.227 e.